The molecule has 1 aromatic rings. The highest BCUT2D eigenvalue weighted by Gasteiger charge is 2.32. The molecular weight excluding hydrogens is 340 g/mol. The smallest absolute Gasteiger partial charge is 0.240 e. The van der Waals surface area contributed by atoms with Crippen molar-refractivity contribution in [1.29, 1.82) is 0 Å². The van der Waals surface area contributed by atoms with Gasteiger partial charge < -0.3 is 10.0 Å². The van der Waals surface area contributed by atoms with Crippen molar-refractivity contribution in [3.05, 3.63) is 29.8 Å². The number of hydrogen-bond donors (Lipinski definition) is 2. The van der Waals surface area contributed by atoms with Gasteiger partial charge in [0.1, 0.15) is 0 Å². The zero-order valence-corrected chi connectivity index (χ0v) is 15.8. The molecule has 2 rings (SSSR count). The van der Waals surface area contributed by atoms with Crippen LogP contribution < -0.4 is 4.72 Å². The highest BCUT2D eigenvalue weighted by atomic mass is 32.2. The van der Waals surface area contributed by atoms with Crippen LogP contribution in [-0.2, 0) is 21.2 Å². The predicted molar refractivity (Wildman–Crippen MR) is 96.7 cm³/mol. The minimum atomic E-state index is -3.47. The molecule has 0 radical (unpaired) electrons. The lowest BCUT2D eigenvalue weighted by atomic mass is 9.87. The van der Waals surface area contributed by atoms with Crippen LogP contribution in [-0.4, -0.2) is 49.6 Å². The van der Waals surface area contributed by atoms with Crippen LogP contribution in [0.3, 0.4) is 0 Å². The molecule has 140 valence electrons. The van der Waals surface area contributed by atoms with Crippen LogP contribution in [0.25, 0.3) is 0 Å². The van der Waals surface area contributed by atoms with Crippen LogP contribution in [0.5, 0.6) is 0 Å². The number of carbonyl (C=O) groups excluding carboxylic acids is 1. The van der Waals surface area contributed by atoms with Gasteiger partial charge in [-0.3, -0.25) is 4.79 Å². The average molecular weight is 368 g/mol. The lowest BCUT2D eigenvalue weighted by molar-refractivity contribution is -0.134. The van der Waals surface area contributed by atoms with E-state index in [1.165, 1.54) is 12.1 Å². The number of benzene rings is 1. The molecule has 1 fully saturated rings. The Morgan fingerprint density at radius 2 is 1.80 bits per heavy atom. The largest absolute Gasteiger partial charge is 0.390 e. The third-order valence-electron chi connectivity index (χ3n) is 4.69. The van der Waals surface area contributed by atoms with Gasteiger partial charge >= 0.3 is 0 Å². The van der Waals surface area contributed by atoms with Gasteiger partial charge in [-0.2, -0.15) is 0 Å². The summed E-state index contributed by atoms with van der Waals surface area (Å²) in [4.78, 5) is 14.4. The molecule has 1 amide bonds. The van der Waals surface area contributed by atoms with E-state index in [1.807, 2.05) is 0 Å². The van der Waals surface area contributed by atoms with Gasteiger partial charge in [0.2, 0.25) is 15.9 Å². The number of nitrogens with one attached hydrogen (secondary N) is 1. The second-order valence-corrected chi connectivity index (χ2v) is 8.44. The number of likely N-dealkylation sites (tertiary alicyclic amines) is 1. The topological polar surface area (TPSA) is 86.7 Å². The van der Waals surface area contributed by atoms with E-state index < -0.39 is 15.6 Å². The van der Waals surface area contributed by atoms with Gasteiger partial charge in [0.15, 0.2) is 0 Å². The first-order valence-electron chi connectivity index (χ1n) is 8.88. The number of rotatable bonds is 7. The van der Waals surface area contributed by atoms with Gasteiger partial charge in [-0.1, -0.05) is 32.4 Å². The normalized spacial score (nSPS) is 17.5. The van der Waals surface area contributed by atoms with Crippen LogP contribution in [0, 0.1) is 0 Å². The first-order chi connectivity index (χ1) is 11.8. The maximum Gasteiger partial charge on any atom is 0.240 e. The van der Waals surface area contributed by atoms with E-state index in [9.17, 15) is 18.3 Å². The van der Waals surface area contributed by atoms with Crippen molar-refractivity contribution in [3.8, 4) is 0 Å². The average Bonchev–Trinajstić information content (AvgIpc) is 2.56. The number of carbonyl (C=O) groups is 1. The standard InChI is InChI=1S/C18H28N2O4S/c1-3-9-18(22)10-12-20(13-11-18)17(21)14-15-5-7-16(8-6-15)25(23,24)19-4-2/h5-8,19,22H,3-4,9-14H2,1-2H3. The molecule has 0 bridgehead atoms. The van der Waals surface area contributed by atoms with Crippen LogP contribution in [0.2, 0.25) is 0 Å². The maximum atomic E-state index is 12.4. The molecule has 0 aliphatic carbocycles. The van der Waals surface area contributed by atoms with Crippen molar-refractivity contribution in [2.45, 2.75) is 56.4 Å². The van der Waals surface area contributed by atoms with E-state index in [1.54, 1.807) is 24.0 Å². The summed E-state index contributed by atoms with van der Waals surface area (Å²) in [5.74, 6) is 0.0147. The molecule has 1 saturated heterocycles. The molecule has 1 aromatic carbocycles. The van der Waals surface area contributed by atoms with Crippen molar-refractivity contribution in [2.75, 3.05) is 19.6 Å². The zero-order chi connectivity index (χ0) is 18.5. The highest BCUT2D eigenvalue weighted by Crippen LogP contribution is 2.27. The Hall–Kier alpha value is -1.44. The number of nitrogens with zero attached hydrogens (tertiary/aromatic N) is 1. The molecule has 0 atom stereocenters. The summed E-state index contributed by atoms with van der Waals surface area (Å²) in [5.41, 5.74) is 0.156. The lowest BCUT2D eigenvalue weighted by Gasteiger charge is -2.38. The molecule has 1 aliphatic heterocycles. The summed E-state index contributed by atoms with van der Waals surface area (Å²) in [7, 11) is -3.47. The van der Waals surface area contributed by atoms with E-state index in [0.29, 0.717) is 32.5 Å². The summed E-state index contributed by atoms with van der Waals surface area (Å²) in [6.07, 6.45) is 3.19. The molecule has 0 aromatic heterocycles. The Balaban J connectivity index is 1.93. The summed E-state index contributed by atoms with van der Waals surface area (Å²) >= 11 is 0. The van der Waals surface area contributed by atoms with Crippen molar-refractivity contribution in [2.24, 2.45) is 0 Å². The summed E-state index contributed by atoms with van der Waals surface area (Å²) in [5, 5.41) is 10.4. The summed E-state index contributed by atoms with van der Waals surface area (Å²) in [6.45, 7) is 5.26. The zero-order valence-electron chi connectivity index (χ0n) is 15.0. The van der Waals surface area contributed by atoms with Crippen LogP contribution >= 0.6 is 0 Å². The van der Waals surface area contributed by atoms with E-state index in [-0.39, 0.29) is 17.2 Å². The first-order valence-corrected chi connectivity index (χ1v) is 10.4. The number of piperidine rings is 1. The summed E-state index contributed by atoms with van der Waals surface area (Å²) in [6, 6.07) is 6.41. The van der Waals surface area contributed by atoms with E-state index in [4.69, 9.17) is 0 Å². The fourth-order valence-electron chi connectivity index (χ4n) is 3.23. The Labute approximate surface area is 150 Å². The fraction of sp³-hybridized carbons (Fsp3) is 0.611. The molecule has 1 aliphatic rings. The number of sulfonamides is 1. The SMILES string of the molecule is CCCC1(O)CCN(C(=O)Cc2ccc(S(=O)(=O)NCC)cc2)CC1. The van der Waals surface area contributed by atoms with Crippen molar-refractivity contribution in [3.63, 3.8) is 0 Å². The number of amides is 1. The molecular formula is C18H28N2O4S. The molecule has 1 heterocycles. The second-order valence-electron chi connectivity index (χ2n) is 6.68. The third-order valence-corrected chi connectivity index (χ3v) is 6.25. The van der Waals surface area contributed by atoms with Crippen LogP contribution in [0.1, 0.15) is 45.1 Å². The van der Waals surface area contributed by atoms with Crippen LogP contribution in [0.15, 0.2) is 29.2 Å². The highest BCUT2D eigenvalue weighted by molar-refractivity contribution is 7.89. The molecule has 0 spiro atoms. The Morgan fingerprint density at radius 3 is 2.32 bits per heavy atom. The predicted octanol–water partition coefficient (Wildman–Crippen LogP) is 1.68. The van der Waals surface area contributed by atoms with Crippen LogP contribution in [0.4, 0.5) is 0 Å². The van der Waals surface area contributed by atoms with E-state index in [0.717, 1.165) is 18.4 Å². The molecule has 0 saturated carbocycles. The maximum absolute atomic E-state index is 12.4. The molecule has 6 nitrogen and oxygen atoms in total. The van der Waals surface area contributed by atoms with Gasteiger partial charge in [0.05, 0.1) is 16.9 Å². The van der Waals surface area contributed by atoms with Crippen molar-refractivity contribution >= 4 is 15.9 Å². The minimum absolute atomic E-state index is 0.0147. The number of aliphatic hydroxyl groups is 1. The lowest BCUT2D eigenvalue weighted by Crippen LogP contribution is -2.47. The van der Waals surface area contributed by atoms with E-state index >= 15 is 0 Å². The summed E-state index contributed by atoms with van der Waals surface area (Å²) < 4.78 is 26.3. The molecule has 7 heteroatoms. The molecule has 0 unspecified atom stereocenters. The van der Waals surface area contributed by atoms with Gasteiger partial charge in [0.25, 0.3) is 0 Å². The Kier molecular flexibility index (Phi) is 6.59. The third kappa shape index (κ3) is 5.26. The minimum Gasteiger partial charge on any atom is -0.390 e. The monoisotopic (exact) mass is 368 g/mol. The second kappa shape index (κ2) is 8.29. The fourth-order valence-corrected chi connectivity index (χ4v) is 4.28. The van der Waals surface area contributed by atoms with Crippen molar-refractivity contribution in [1.82, 2.24) is 9.62 Å². The van der Waals surface area contributed by atoms with Gasteiger partial charge in [-0.05, 0) is 37.0 Å². The Morgan fingerprint density at radius 1 is 1.20 bits per heavy atom. The molecule has 25 heavy (non-hydrogen) atoms. The van der Waals surface area contributed by atoms with Gasteiger partial charge in [-0.25, -0.2) is 13.1 Å². The van der Waals surface area contributed by atoms with E-state index in [2.05, 4.69) is 11.6 Å². The van der Waals surface area contributed by atoms with Gasteiger partial charge in [-0.15, -0.1) is 0 Å². The quantitative estimate of drug-likeness (QED) is 0.767. The molecule has 2 N–H and O–H groups in total. The van der Waals surface area contributed by atoms with Crippen molar-refractivity contribution < 1.29 is 18.3 Å². The Bertz CT molecular complexity index is 678. The van der Waals surface area contributed by atoms with Gasteiger partial charge in [0, 0.05) is 19.6 Å². The first kappa shape index (κ1) is 19.9. The number of hydrogen-bond acceptors (Lipinski definition) is 4.